The van der Waals surface area contributed by atoms with Crippen LogP contribution in [0.5, 0.6) is 0 Å². The predicted octanol–water partition coefficient (Wildman–Crippen LogP) is 3.73. The van der Waals surface area contributed by atoms with E-state index in [-0.39, 0.29) is 36.7 Å². The molecule has 4 heterocycles. The lowest BCUT2D eigenvalue weighted by atomic mass is 9.73. The summed E-state index contributed by atoms with van der Waals surface area (Å²) < 4.78 is 5.47. The first-order chi connectivity index (χ1) is 14.6. The fourth-order valence-electron chi connectivity index (χ4n) is 4.88. The molecule has 2 aromatic heterocycles. The van der Waals surface area contributed by atoms with Crippen molar-refractivity contribution in [2.45, 2.75) is 51.0 Å². The minimum Gasteiger partial charge on any atom is -0.463 e. The number of hydrazone groups is 1. The molecule has 0 aromatic carbocycles. The zero-order valence-corrected chi connectivity index (χ0v) is 17.4. The van der Waals surface area contributed by atoms with Crippen molar-refractivity contribution in [1.29, 1.82) is 0 Å². The van der Waals surface area contributed by atoms with Gasteiger partial charge < -0.3 is 4.42 Å². The number of hydrogen-bond acceptors (Lipinski definition) is 6. The Kier molecular flexibility index (Phi) is 4.81. The Morgan fingerprint density at radius 1 is 1.20 bits per heavy atom. The van der Waals surface area contributed by atoms with E-state index in [9.17, 15) is 14.4 Å². The van der Waals surface area contributed by atoms with Gasteiger partial charge in [-0.05, 0) is 36.4 Å². The molecular weight excluding hydrogens is 402 g/mol. The standard InChI is InChI=1S/C22H23N3O4S/c26-19-13-22(8-2-1-3-9-22)21(28)24(19)14-20(27)25-16(18-7-5-11-30-18)12-15(23-25)17-6-4-10-29-17/h4-7,10-11,16H,1-3,8-9,12-14H2/t16-/m1/s1. The van der Waals surface area contributed by atoms with Crippen molar-refractivity contribution >= 4 is 34.8 Å². The Bertz CT molecular complexity index is 990. The Hall–Kier alpha value is -2.74. The second kappa shape index (κ2) is 7.50. The molecule has 1 spiro atoms. The molecule has 0 N–H and O–H groups in total. The predicted molar refractivity (Wildman–Crippen MR) is 111 cm³/mol. The fraction of sp³-hybridized carbons (Fsp3) is 0.455. The third-order valence-corrected chi connectivity index (χ3v) is 7.41. The van der Waals surface area contributed by atoms with Gasteiger partial charge in [-0.1, -0.05) is 25.3 Å². The van der Waals surface area contributed by atoms with E-state index in [2.05, 4.69) is 5.10 Å². The molecule has 1 atom stereocenters. The normalized spacial score (nSPS) is 23.5. The number of amides is 3. The van der Waals surface area contributed by atoms with Crippen molar-refractivity contribution in [3.63, 3.8) is 0 Å². The maximum Gasteiger partial charge on any atom is 0.263 e. The van der Waals surface area contributed by atoms with Gasteiger partial charge in [-0.3, -0.25) is 19.3 Å². The molecule has 2 aliphatic heterocycles. The highest BCUT2D eigenvalue weighted by atomic mass is 32.1. The minimum atomic E-state index is -0.587. The molecule has 2 fully saturated rings. The van der Waals surface area contributed by atoms with Gasteiger partial charge in [0.05, 0.1) is 17.7 Å². The van der Waals surface area contributed by atoms with Crippen LogP contribution in [0.3, 0.4) is 0 Å². The molecule has 156 valence electrons. The molecular formula is C22H23N3O4S. The van der Waals surface area contributed by atoms with Crippen LogP contribution in [0, 0.1) is 5.41 Å². The van der Waals surface area contributed by atoms with E-state index < -0.39 is 5.41 Å². The van der Waals surface area contributed by atoms with Crippen LogP contribution in [0.1, 0.15) is 61.6 Å². The zero-order chi connectivity index (χ0) is 20.7. The Morgan fingerprint density at radius 2 is 2.03 bits per heavy atom. The summed E-state index contributed by atoms with van der Waals surface area (Å²) in [6.45, 7) is -0.254. The maximum absolute atomic E-state index is 13.2. The van der Waals surface area contributed by atoms with Gasteiger partial charge in [0.1, 0.15) is 18.0 Å². The molecule has 2 aromatic rings. The first kappa shape index (κ1) is 19.2. The van der Waals surface area contributed by atoms with E-state index in [1.54, 1.807) is 23.7 Å². The van der Waals surface area contributed by atoms with E-state index in [1.807, 2.05) is 23.6 Å². The van der Waals surface area contributed by atoms with Gasteiger partial charge in [0.15, 0.2) is 0 Å². The highest BCUT2D eigenvalue weighted by Gasteiger charge is 2.52. The number of imide groups is 1. The number of nitrogens with zero attached hydrogens (tertiary/aromatic N) is 3. The van der Waals surface area contributed by atoms with Gasteiger partial charge in [-0.15, -0.1) is 11.3 Å². The second-order valence-electron chi connectivity index (χ2n) is 8.30. The summed E-state index contributed by atoms with van der Waals surface area (Å²) in [6.07, 6.45) is 6.85. The smallest absolute Gasteiger partial charge is 0.263 e. The summed E-state index contributed by atoms with van der Waals surface area (Å²) in [7, 11) is 0. The quantitative estimate of drug-likeness (QED) is 0.699. The van der Waals surface area contributed by atoms with Crippen LogP contribution in [-0.2, 0) is 14.4 Å². The van der Waals surface area contributed by atoms with Gasteiger partial charge in [0.2, 0.25) is 11.8 Å². The number of furan rings is 1. The van der Waals surface area contributed by atoms with Gasteiger partial charge in [-0.2, -0.15) is 5.10 Å². The van der Waals surface area contributed by atoms with E-state index >= 15 is 0 Å². The van der Waals surface area contributed by atoms with Crippen molar-refractivity contribution < 1.29 is 18.8 Å². The topological polar surface area (TPSA) is 83.2 Å². The van der Waals surface area contributed by atoms with Crippen LogP contribution in [0.25, 0.3) is 0 Å². The van der Waals surface area contributed by atoms with Crippen LogP contribution >= 0.6 is 11.3 Å². The molecule has 8 heteroatoms. The van der Waals surface area contributed by atoms with Gasteiger partial charge in [-0.25, -0.2) is 5.01 Å². The summed E-state index contributed by atoms with van der Waals surface area (Å²) in [6, 6.07) is 7.26. The SMILES string of the molecule is O=C1CC2(CCCCC2)C(=O)N1CC(=O)N1N=C(c2ccco2)C[C@@H]1c1cccs1. The summed E-state index contributed by atoms with van der Waals surface area (Å²) in [5, 5.41) is 7.92. The van der Waals surface area contributed by atoms with Crippen molar-refractivity contribution in [1.82, 2.24) is 9.91 Å². The zero-order valence-electron chi connectivity index (χ0n) is 16.6. The monoisotopic (exact) mass is 425 g/mol. The third kappa shape index (κ3) is 3.19. The van der Waals surface area contributed by atoms with Crippen LogP contribution < -0.4 is 0 Å². The number of hydrogen-bond donors (Lipinski definition) is 0. The first-order valence-electron chi connectivity index (χ1n) is 10.4. The van der Waals surface area contributed by atoms with Gasteiger partial charge >= 0.3 is 0 Å². The molecule has 5 rings (SSSR count). The molecule has 0 bridgehead atoms. The number of likely N-dealkylation sites (tertiary alicyclic amines) is 1. The number of rotatable bonds is 4. The largest absolute Gasteiger partial charge is 0.463 e. The lowest BCUT2D eigenvalue weighted by Crippen LogP contribution is -2.43. The average Bonchev–Trinajstić information content (AvgIpc) is 3.53. The molecule has 0 unspecified atom stereocenters. The summed E-state index contributed by atoms with van der Waals surface area (Å²) >= 11 is 1.56. The Balaban J connectivity index is 1.38. The van der Waals surface area contributed by atoms with Crippen LogP contribution in [-0.4, -0.2) is 39.9 Å². The van der Waals surface area contributed by atoms with Gasteiger partial charge in [0.25, 0.3) is 5.91 Å². The van der Waals surface area contributed by atoms with E-state index in [4.69, 9.17) is 4.42 Å². The van der Waals surface area contributed by atoms with Crippen molar-refractivity contribution in [2.24, 2.45) is 10.5 Å². The summed E-state index contributed by atoms with van der Waals surface area (Å²) in [5.41, 5.74) is 0.102. The minimum absolute atomic E-state index is 0.178. The summed E-state index contributed by atoms with van der Waals surface area (Å²) in [5.74, 6) is -0.133. The highest BCUT2D eigenvalue weighted by Crippen LogP contribution is 2.45. The van der Waals surface area contributed by atoms with Crippen LogP contribution in [0.2, 0.25) is 0 Å². The van der Waals surface area contributed by atoms with Gasteiger partial charge in [0, 0.05) is 17.7 Å². The first-order valence-corrected chi connectivity index (χ1v) is 11.3. The van der Waals surface area contributed by atoms with E-state index in [1.165, 1.54) is 9.91 Å². The molecule has 1 saturated heterocycles. The fourth-order valence-corrected chi connectivity index (χ4v) is 5.69. The molecule has 7 nitrogen and oxygen atoms in total. The summed E-state index contributed by atoms with van der Waals surface area (Å²) in [4.78, 5) is 41.2. The number of thiophene rings is 1. The van der Waals surface area contributed by atoms with Crippen LogP contribution in [0.15, 0.2) is 45.4 Å². The maximum atomic E-state index is 13.2. The molecule has 1 saturated carbocycles. The average molecular weight is 426 g/mol. The highest BCUT2D eigenvalue weighted by molar-refractivity contribution is 7.10. The van der Waals surface area contributed by atoms with E-state index in [0.29, 0.717) is 17.9 Å². The lowest BCUT2D eigenvalue weighted by Gasteiger charge is -2.30. The van der Waals surface area contributed by atoms with Crippen molar-refractivity contribution in [3.8, 4) is 0 Å². The Labute approximate surface area is 178 Å². The molecule has 0 radical (unpaired) electrons. The molecule has 1 aliphatic carbocycles. The van der Waals surface area contributed by atoms with E-state index in [0.717, 1.165) is 37.0 Å². The number of carbonyl (C=O) groups is 3. The third-order valence-electron chi connectivity index (χ3n) is 6.44. The number of carbonyl (C=O) groups excluding carboxylic acids is 3. The Morgan fingerprint density at radius 3 is 2.73 bits per heavy atom. The molecule has 30 heavy (non-hydrogen) atoms. The lowest BCUT2D eigenvalue weighted by molar-refractivity contribution is -0.148. The van der Waals surface area contributed by atoms with Crippen molar-refractivity contribution in [3.05, 3.63) is 46.5 Å². The molecule has 3 aliphatic rings. The molecule has 3 amide bonds. The van der Waals surface area contributed by atoms with Crippen LogP contribution in [0.4, 0.5) is 0 Å². The van der Waals surface area contributed by atoms with Crippen molar-refractivity contribution in [2.75, 3.05) is 6.54 Å². The second-order valence-corrected chi connectivity index (χ2v) is 9.28.